The lowest BCUT2D eigenvalue weighted by Crippen LogP contribution is -2.37. The number of carbonyl (C=O) groups excluding carboxylic acids is 1. The van der Waals surface area contributed by atoms with Gasteiger partial charge in [-0.05, 0) is 36.2 Å². The summed E-state index contributed by atoms with van der Waals surface area (Å²) in [6.07, 6.45) is 1.09. The second kappa shape index (κ2) is 7.49. The number of hydrogen-bond donors (Lipinski definition) is 2. The molecule has 0 saturated carbocycles. The van der Waals surface area contributed by atoms with E-state index in [1.807, 2.05) is 74.5 Å². The molecule has 142 valence electrons. The summed E-state index contributed by atoms with van der Waals surface area (Å²) in [5.41, 5.74) is 3.54. The van der Waals surface area contributed by atoms with Crippen LogP contribution in [0.4, 0.5) is 0 Å². The van der Waals surface area contributed by atoms with Crippen LogP contribution in [0.1, 0.15) is 29.7 Å². The fourth-order valence-electron chi connectivity index (χ4n) is 3.61. The Bertz CT molecular complexity index is 1130. The molecule has 0 radical (unpaired) electrons. The molecule has 2 N–H and O–H groups in total. The molecule has 0 aliphatic carbocycles. The quantitative estimate of drug-likeness (QED) is 0.534. The molecule has 4 rings (SSSR count). The Morgan fingerprint density at radius 3 is 2.61 bits per heavy atom. The van der Waals surface area contributed by atoms with Gasteiger partial charge in [-0.25, -0.2) is 0 Å². The van der Waals surface area contributed by atoms with Crippen molar-refractivity contribution < 1.29 is 14.3 Å². The third-order valence-corrected chi connectivity index (χ3v) is 5.17. The van der Waals surface area contributed by atoms with Gasteiger partial charge in [-0.15, -0.1) is 0 Å². The third-order valence-electron chi connectivity index (χ3n) is 5.17. The standard InChI is InChI=1S/C24H23NO3/c1-15-7-9-18(10-8-15)24(27)16(2)25-22(26)13-19-14-28-21-12-11-17-5-3-4-6-20(17)23(19)21/h3-12,14,16,24,27H,13H2,1-2H3,(H,25,26). The van der Waals surface area contributed by atoms with Gasteiger partial charge in [0.2, 0.25) is 5.91 Å². The molecule has 0 aliphatic rings. The number of aryl methyl sites for hydroxylation is 1. The van der Waals surface area contributed by atoms with Crippen molar-refractivity contribution in [3.05, 3.63) is 83.6 Å². The predicted molar refractivity (Wildman–Crippen MR) is 111 cm³/mol. The maximum absolute atomic E-state index is 12.6. The van der Waals surface area contributed by atoms with Crippen molar-refractivity contribution in [2.75, 3.05) is 0 Å². The average Bonchev–Trinajstić information content (AvgIpc) is 3.11. The monoisotopic (exact) mass is 373 g/mol. The van der Waals surface area contributed by atoms with Gasteiger partial charge in [0.05, 0.1) is 24.8 Å². The minimum Gasteiger partial charge on any atom is -0.464 e. The van der Waals surface area contributed by atoms with Gasteiger partial charge in [0.15, 0.2) is 0 Å². The first-order valence-corrected chi connectivity index (χ1v) is 9.45. The maximum atomic E-state index is 12.6. The molecule has 0 spiro atoms. The Morgan fingerprint density at radius 2 is 1.82 bits per heavy atom. The summed E-state index contributed by atoms with van der Waals surface area (Å²) in [6, 6.07) is 19.3. The highest BCUT2D eigenvalue weighted by atomic mass is 16.3. The Balaban J connectivity index is 1.52. The fourth-order valence-corrected chi connectivity index (χ4v) is 3.61. The summed E-state index contributed by atoms with van der Waals surface area (Å²) < 4.78 is 5.66. The zero-order valence-corrected chi connectivity index (χ0v) is 16.0. The van der Waals surface area contributed by atoms with Crippen LogP contribution in [-0.2, 0) is 11.2 Å². The van der Waals surface area contributed by atoms with E-state index in [2.05, 4.69) is 5.32 Å². The van der Waals surface area contributed by atoms with E-state index in [0.29, 0.717) is 0 Å². The van der Waals surface area contributed by atoms with E-state index in [-0.39, 0.29) is 12.3 Å². The summed E-state index contributed by atoms with van der Waals surface area (Å²) in [6.45, 7) is 3.81. The van der Waals surface area contributed by atoms with Gasteiger partial charge in [-0.3, -0.25) is 4.79 Å². The topological polar surface area (TPSA) is 62.5 Å². The van der Waals surface area contributed by atoms with E-state index < -0.39 is 12.1 Å². The Morgan fingerprint density at radius 1 is 1.07 bits per heavy atom. The van der Waals surface area contributed by atoms with Crippen LogP contribution in [0, 0.1) is 6.92 Å². The molecule has 28 heavy (non-hydrogen) atoms. The minimum absolute atomic E-state index is 0.144. The molecule has 1 aromatic heterocycles. The Hall–Kier alpha value is -3.11. The molecule has 4 aromatic rings. The van der Waals surface area contributed by atoms with E-state index in [1.165, 1.54) is 0 Å². The minimum atomic E-state index is -0.758. The summed E-state index contributed by atoms with van der Waals surface area (Å²) >= 11 is 0. The average molecular weight is 373 g/mol. The summed E-state index contributed by atoms with van der Waals surface area (Å²) in [5.74, 6) is -0.144. The number of aliphatic hydroxyl groups excluding tert-OH is 1. The Labute approximate surface area is 163 Å². The van der Waals surface area contributed by atoms with Gasteiger partial charge < -0.3 is 14.8 Å². The first-order valence-electron chi connectivity index (χ1n) is 9.45. The number of rotatable bonds is 5. The highest BCUT2D eigenvalue weighted by molar-refractivity contribution is 6.08. The number of fused-ring (bicyclic) bond motifs is 3. The lowest BCUT2D eigenvalue weighted by atomic mass is 10.0. The largest absolute Gasteiger partial charge is 0.464 e. The van der Waals surface area contributed by atoms with Gasteiger partial charge in [0, 0.05) is 10.9 Å². The van der Waals surface area contributed by atoms with Gasteiger partial charge >= 0.3 is 0 Å². The predicted octanol–water partition coefficient (Wildman–Crippen LogP) is 4.68. The maximum Gasteiger partial charge on any atom is 0.224 e. The number of hydrogen-bond acceptors (Lipinski definition) is 3. The summed E-state index contributed by atoms with van der Waals surface area (Å²) in [4.78, 5) is 12.6. The van der Waals surface area contributed by atoms with Crippen LogP contribution in [0.15, 0.2) is 71.3 Å². The van der Waals surface area contributed by atoms with Crippen LogP contribution in [0.3, 0.4) is 0 Å². The first kappa shape index (κ1) is 18.3. The van der Waals surface area contributed by atoms with Crippen molar-refractivity contribution in [1.82, 2.24) is 5.32 Å². The number of aliphatic hydroxyl groups is 1. The van der Waals surface area contributed by atoms with Crippen LogP contribution in [0.5, 0.6) is 0 Å². The SMILES string of the molecule is Cc1ccc(C(O)C(C)NC(=O)Cc2coc3ccc4ccccc4c23)cc1. The molecule has 4 nitrogen and oxygen atoms in total. The molecule has 0 saturated heterocycles. The normalized spacial score (nSPS) is 13.5. The van der Waals surface area contributed by atoms with Gasteiger partial charge in [0.25, 0.3) is 0 Å². The second-order valence-corrected chi connectivity index (χ2v) is 7.31. The van der Waals surface area contributed by atoms with Gasteiger partial charge in [-0.2, -0.15) is 0 Å². The van der Waals surface area contributed by atoms with Crippen LogP contribution < -0.4 is 5.32 Å². The van der Waals surface area contributed by atoms with Crippen LogP contribution in [-0.4, -0.2) is 17.1 Å². The number of furan rings is 1. The number of benzene rings is 3. The molecule has 3 aromatic carbocycles. The molecular formula is C24H23NO3. The molecule has 1 heterocycles. The smallest absolute Gasteiger partial charge is 0.224 e. The molecule has 0 aliphatic heterocycles. The highest BCUT2D eigenvalue weighted by Crippen LogP contribution is 2.30. The third kappa shape index (κ3) is 3.51. The van der Waals surface area contributed by atoms with Crippen molar-refractivity contribution in [2.24, 2.45) is 0 Å². The number of carbonyl (C=O) groups is 1. The van der Waals surface area contributed by atoms with Crippen LogP contribution in [0.2, 0.25) is 0 Å². The molecule has 4 heteroatoms. The lowest BCUT2D eigenvalue weighted by Gasteiger charge is -2.20. The van der Waals surface area contributed by atoms with Crippen molar-refractivity contribution in [3.8, 4) is 0 Å². The lowest BCUT2D eigenvalue weighted by molar-refractivity contribution is -0.121. The van der Waals surface area contributed by atoms with E-state index in [4.69, 9.17) is 4.42 Å². The molecule has 1 amide bonds. The molecule has 0 fully saturated rings. The van der Waals surface area contributed by atoms with Crippen molar-refractivity contribution in [2.45, 2.75) is 32.4 Å². The Kier molecular flexibility index (Phi) is 4.88. The number of amides is 1. The molecular weight excluding hydrogens is 350 g/mol. The molecule has 2 atom stereocenters. The zero-order valence-electron chi connectivity index (χ0n) is 16.0. The zero-order chi connectivity index (χ0) is 19.7. The van der Waals surface area contributed by atoms with Gasteiger partial charge in [-0.1, -0.05) is 60.2 Å². The van der Waals surface area contributed by atoms with E-state index in [1.54, 1.807) is 6.26 Å². The molecule has 2 unspecified atom stereocenters. The van der Waals surface area contributed by atoms with Crippen LogP contribution in [0.25, 0.3) is 21.7 Å². The van der Waals surface area contributed by atoms with Crippen LogP contribution >= 0.6 is 0 Å². The first-order chi connectivity index (χ1) is 13.5. The summed E-state index contributed by atoms with van der Waals surface area (Å²) in [7, 11) is 0. The van der Waals surface area contributed by atoms with E-state index in [9.17, 15) is 9.90 Å². The van der Waals surface area contributed by atoms with E-state index in [0.717, 1.165) is 38.4 Å². The van der Waals surface area contributed by atoms with Crippen molar-refractivity contribution in [1.29, 1.82) is 0 Å². The summed E-state index contributed by atoms with van der Waals surface area (Å²) in [5, 5.41) is 16.6. The van der Waals surface area contributed by atoms with Gasteiger partial charge in [0.1, 0.15) is 5.58 Å². The number of nitrogens with one attached hydrogen (secondary N) is 1. The fraction of sp³-hybridized carbons (Fsp3) is 0.208. The van der Waals surface area contributed by atoms with E-state index >= 15 is 0 Å². The second-order valence-electron chi connectivity index (χ2n) is 7.31. The molecule has 0 bridgehead atoms. The highest BCUT2D eigenvalue weighted by Gasteiger charge is 2.20. The van der Waals surface area contributed by atoms with Crippen molar-refractivity contribution in [3.63, 3.8) is 0 Å². The van der Waals surface area contributed by atoms with Crippen molar-refractivity contribution >= 4 is 27.6 Å².